The summed E-state index contributed by atoms with van der Waals surface area (Å²) in [6.07, 6.45) is 2.37. The zero-order valence-corrected chi connectivity index (χ0v) is 19.4. The zero-order chi connectivity index (χ0) is 22.3. The van der Waals surface area contributed by atoms with Crippen LogP contribution in [0.2, 0.25) is 10.0 Å². The van der Waals surface area contributed by atoms with Crippen LogP contribution in [0, 0.1) is 13.8 Å². The fourth-order valence-electron chi connectivity index (χ4n) is 3.92. The second-order valence-corrected chi connectivity index (χ2v) is 8.44. The van der Waals surface area contributed by atoms with Crippen molar-refractivity contribution in [1.29, 1.82) is 0 Å². The number of fused-ring (bicyclic) bond motifs is 3. The van der Waals surface area contributed by atoms with E-state index < -0.39 is 6.29 Å². The molecule has 0 saturated carbocycles. The van der Waals surface area contributed by atoms with Crippen LogP contribution in [0.15, 0.2) is 34.1 Å². The fraction of sp³-hybridized carbons (Fsp3) is 0.304. The number of hydrogen-bond acceptors (Lipinski definition) is 5. The van der Waals surface area contributed by atoms with Crippen LogP contribution in [-0.4, -0.2) is 32.0 Å². The van der Waals surface area contributed by atoms with Gasteiger partial charge in [-0.3, -0.25) is 4.79 Å². The molecule has 1 aliphatic rings. The summed E-state index contributed by atoms with van der Waals surface area (Å²) in [4.78, 5) is 22.8. The number of H-pyrrole nitrogens is 1. The van der Waals surface area contributed by atoms with Crippen LogP contribution < -0.4 is 26.4 Å². The molecule has 162 valence electrons. The molecule has 0 aliphatic carbocycles. The molecule has 2 aromatic carbocycles. The number of nitrogens with one attached hydrogen (secondary N) is 2. The van der Waals surface area contributed by atoms with Gasteiger partial charge in [0.25, 0.3) is 5.56 Å². The molecule has 8 heteroatoms. The molecule has 4 rings (SSSR count). The van der Waals surface area contributed by atoms with Crippen LogP contribution in [-0.2, 0) is 4.74 Å². The van der Waals surface area contributed by atoms with Crippen LogP contribution in [0.3, 0.4) is 0 Å². The molecule has 0 spiro atoms. The van der Waals surface area contributed by atoms with Crippen molar-refractivity contribution in [3.05, 3.63) is 66.5 Å². The van der Waals surface area contributed by atoms with Gasteiger partial charge in [-0.25, -0.2) is 4.99 Å². The Balaban J connectivity index is 1.95. The van der Waals surface area contributed by atoms with Gasteiger partial charge in [0, 0.05) is 26.5 Å². The highest BCUT2D eigenvalue weighted by Crippen LogP contribution is 2.33. The lowest BCUT2D eigenvalue weighted by Gasteiger charge is -2.25. The second kappa shape index (κ2) is 8.54. The molecule has 1 aliphatic heterocycles. The Morgan fingerprint density at radius 1 is 1.29 bits per heavy atom. The molecule has 31 heavy (non-hydrogen) atoms. The number of pyridine rings is 1. The van der Waals surface area contributed by atoms with E-state index >= 15 is 0 Å². The summed E-state index contributed by atoms with van der Waals surface area (Å²) in [7, 11) is 3.59. The first kappa shape index (κ1) is 21.7. The van der Waals surface area contributed by atoms with Gasteiger partial charge < -0.3 is 19.9 Å². The van der Waals surface area contributed by atoms with E-state index in [0.29, 0.717) is 27.7 Å². The smallest absolute Gasteiger partial charge is 0.258 e. The van der Waals surface area contributed by atoms with Crippen LogP contribution in [0.25, 0.3) is 16.8 Å². The number of aromatic amines is 1. The number of halogens is 2. The van der Waals surface area contributed by atoms with Crippen molar-refractivity contribution in [2.45, 2.75) is 26.6 Å². The summed E-state index contributed by atoms with van der Waals surface area (Å²) >= 11 is 12.7. The highest BCUT2D eigenvalue weighted by atomic mass is 35.5. The van der Waals surface area contributed by atoms with Gasteiger partial charge in [-0.2, -0.15) is 0 Å². The third kappa shape index (κ3) is 3.80. The van der Waals surface area contributed by atoms with E-state index in [-0.39, 0.29) is 5.56 Å². The van der Waals surface area contributed by atoms with Gasteiger partial charge in [0.15, 0.2) is 6.29 Å². The molecule has 0 bridgehead atoms. The minimum atomic E-state index is -0.464. The van der Waals surface area contributed by atoms with Crippen molar-refractivity contribution >= 4 is 51.4 Å². The summed E-state index contributed by atoms with van der Waals surface area (Å²) in [5, 5.41) is 7.62. The maximum absolute atomic E-state index is 13.0. The van der Waals surface area contributed by atoms with E-state index in [1.165, 1.54) is 0 Å². The lowest BCUT2D eigenvalue weighted by Crippen LogP contribution is -2.35. The predicted molar refractivity (Wildman–Crippen MR) is 128 cm³/mol. The number of methoxy groups -OCH3 is 1. The second-order valence-electron chi connectivity index (χ2n) is 7.63. The Morgan fingerprint density at radius 2 is 2.00 bits per heavy atom. The van der Waals surface area contributed by atoms with Gasteiger partial charge in [-0.1, -0.05) is 35.3 Å². The number of nitrogens with zero attached hydrogens (tertiary/aromatic N) is 2. The normalized spacial score (nSPS) is 16.0. The molecule has 0 saturated heterocycles. The Morgan fingerprint density at radius 3 is 2.68 bits per heavy atom. The fourth-order valence-corrected chi connectivity index (χ4v) is 4.43. The summed E-state index contributed by atoms with van der Waals surface area (Å²) in [6.45, 7) is 4.53. The van der Waals surface area contributed by atoms with E-state index in [9.17, 15) is 4.79 Å². The molecule has 1 atom stereocenters. The molecule has 2 heterocycles. The Labute approximate surface area is 190 Å². The third-order valence-corrected chi connectivity index (χ3v) is 6.32. The van der Waals surface area contributed by atoms with Crippen molar-refractivity contribution < 1.29 is 4.74 Å². The highest BCUT2D eigenvalue weighted by Gasteiger charge is 2.27. The lowest BCUT2D eigenvalue weighted by atomic mass is 10.0. The zero-order valence-electron chi connectivity index (χ0n) is 17.8. The number of anilines is 2. The largest absolute Gasteiger partial charge is 0.384 e. The first-order valence-corrected chi connectivity index (χ1v) is 10.8. The molecule has 0 amide bonds. The number of para-hydroxylation sites is 1. The first-order chi connectivity index (χ1) is 14.8. The predicted octanol–water partition coefficient (Wildman–Crippen LogP) is 3.73. The molecule has 1 unspecified atom stereocenters. The van der Waals surface area contributed by atoms with E-state index in [1.54, 1.807) is 25.3 Å². The number of ether oxygens (including phenoxy) is 1. The van der Waals surface area contributed by atoms with Crippen molar-refractivity contribution in [1.82, 2.24) is 4.98 Å². The van der Waals surface area contributed by atoms with Gasteiger partial charge in [-0.05, 0) is 54.6 Å². The maximum Gasteiger partial charge on any atom is 0.258 e. The Kier molecular flexibility index (Phi) is 5.97. The van der Waals surface area contributed by atoms with Crippen molar-refractivity contribution in [2.24, 2.45) is 4.99 Å². The van der Waals surface area contributed by atoms with E-state index in [1.807, 2.05) is 31.9 Å². The summed E-state index contributed by atoms with van der Waals surface area (Å²) in [5.74, 6) is 0. The van der Waals surface area contributed by atoms with Crippen molar-refractivity contribution in [2.75, 3.05) is 31.0 Å². The van der Waals surface area contributed by atoms with Crippen LogP contribution in [0.1, 0.15) is 17.7 Å². The van der Waals surface area contributed by atoms with Crippen LogP contribution in [0.4, 0.5) is 11.4 Å². The van der Waals surface area contributed by atoms with Gasteiger partial charge in [0.1, 0.15) is 0 Å². The number of aryl methyl sites for hydroxylation is 2. The molecular formula is C23H24Cl2N4O2. The minimum Gasteiger partial charge on any atom is -0.384 e. The van der Waals surface area contributed by atoms with E-state index in [2.05, 4.69) is 16.4 Å². The molecule has 1 aromatic heterocycles. The summed E-state index contributed by atoms with van der Waals surface area (Å²) in [6, 6.07) is 7.38. The van der Waals surface area contributed by atoms with Crippen molar-refractivity contribution in [3.63, 3.8) is 0 Å². The monoisotopic (exact) mass is 458 g/mol. The Bertz CT molecular complexity index is 1330. The average Bonchev–Trinajstić information content (AvgIpc) is 3.05. The highest BCUT2D eigenvalue weighted by molar-refractivity contribution is 6.39. The molecular weight excluding hydrogens is 435 g/mol. The summed E-state index contributed by atoms with van der Waals surface area (Å²) < 4.78 is 5.21. The molecule has 3 aromatic rings. The quantitative estimate of drug-likeness (QED) is 0.571. The molecule has 0 radical (unpaired) electrons. The minimum absolute atomic E-state index is 0.128. The lowest BCUT2D eigenvalue weighted by molar-refractivity contribution is 0.207. The van der Waals surface area contributed by atoms with Crippen LogP contribution in [0.5, 0.6) is 0 Å². The van der Waals surface area contributed by atoms with Gasteiger partial charge in [-0.15, -0.1) is 0 Å². The third-order valence-electron chi connectivity index (χ3n) is 5.69. The van der Waals surface area contributed by atoms with E-state index in [4.69, 9.17) is 32.9 Å². The standard InChI is InChI=1S/C23H24Cl2N4O2/c1-12-13(2)26-22(30)18-15(12)11-14(7-6-10-31-4)19-21(18)29(3)23(27-19)28-20-16(24)8-5-9-17(20)25/h5,7-9,11,23,28H,6,10H2,1-4H3,(H,26,30). The summed E-state index contributed by atoms with van der Waals surface area (Å²) in [5.41, 5.74) is 3.16. The van der Waals surface area contributed by atoms with Crippen LogP contribution >= 0.6 is 23.2 Å². The number of hydrogen-bond donors (Lipinski definition) is 2. The van der Waals surface area contributed by atoms with Gasteiger partial charge in [0.05, 0.1) is 32.2 Å². The Hall–Kier alpha value is -2.54. The molecule has 2 N–H and O–H groups in total. The van der Waals surface area contributed by atoms with Gasteiger partial charge in [0.2, 0.25) is 0 Å². The van der Waals surface area contributed by atoms with Gasteiger partial charge >= 0.3 is 0 Å². The molecule has 0 fully saturated rings. The first-order valence-electron chi connectivity index (χ1n) is 10.00. The number of benzene rings is 2. The molecule has 6 nitrogen and oxygen atoms in total. The van der Waals surface area contributed by atoms with E-state index in [0.717, 1.165) is 39.3 Å². The number of rotatable bonds is 5. The SMILES string of the molecule is COCCC=c1cc2c(C)c(C)[nH]c(=O)c2c2c1=NC(Nc1c(Cl)cccc1Cl)N2C. The maximum atomic E-state index is 13.0. The van der Waals surface area contributed by atoms with Crippen molar-refractivity contribution in [3.8, 4) is 0 Å². The number of aromatic nitrogens is 1. The average molecular weight is 459 g/mol. The topological polar surface area (TPSA) is 69.7 Å².